The molecule has 0 spiro atoms. The molecular formula is C15H18Cl2N4O. The van der Waals surface area contributed by atoms with E-state index in [2.05, 4.69) is 10.4 Å². The number of nitrogens with zero attached hydrogens (tertiary/aromatic N) is 3. The summed E-state index contributed by atoms with van der Waals surface area (Å²) in [5.74, 6) is -0.0234. The third-order valence-electron chi connectivity index (χ3n) is 3.64. The molecule has 0 radical (unpaired) electrons. The quantitative estimate of drug-likeness (QED) is 0.913. The van der Waals surface area contributed by atoms with Crippen molar-refractivity contribution in [2.24, 2.45) is 0 Å². The van der Waals surface area contributed by atoms with E-state index in [1.165, 1.54) is 0 Å². The maximum Gasteiger partial charge on any atom is 0.274 e. The molecule has 0 bridgehead atoms. The number of carbonyl (C=O) groups excluding carboxylic acids is 1. The van der Waals surface area contributed by atoms with Crippen LogP contribution >= 0.6 is 24.0 Å². The lowest BCUT2D eigenvalue weighted by Gasteiger charge is -2.33. The molecule has 5 nitrogen and oxygen atoms in total. The van der Waals surface area contributed by atoms with Crippen molar-refractivity contribution in [3.05, 3.63) is 47.2 Å². The molecule has 118 valence electrons. The molecule has 1 aromatic heterocycles. The van der Waals surface area contributed by atoms with Crippen molar-refractivity contribution in [1.29, 1.82) is 0 Å². The summed E-state index contributed by atoms with van der Waals surface area (Å²) < 4.78 is 1.67. The molecule has 7 heteroatoms. The van der Waals surface area contributed by atoms with Crippen molar-refractivity contribution < 1.29 is 4.79 Å². The Morgan fingerprint density at radius 1 is 1.41 bits per heavy atom. The molecule has 1 N–H and O–H groups in total. The Kier molecular flexibility index (Phi) is 5.45. The zero-order valence-corrected chi connectivity index (χ0v) is 13.8. The van der Waals surface area contributed by atoms with Crippen molar-refractivity contribution in [2.75, 3.05) is 19.6 Å². The van der Waals surface area contributed by atoms with Crippen LogP contribution in [0.1, 0.15) is 17.4 Å². The molecule has 1 atom stereocenters. The average Bonchev–Trinajstić information content (AvgIpc) is 2.97. The van der Waals surface area contributed by atoms with Crippen LogP contribution in [-0.2, 0) is 0 Å². The van der Waals surface area contributed by atoms with Crippen molar-refractivity contribution >= 4 is 29.9 Å². The van der Waals surface area contributed by atoms with E-state index in [-0.39, 0.29) is 24.4 Å². The molecule has 1 aromatic carbocycles. The van der Waals surface area contributed by atoms with Crippen LogP contribution in [0.5, 0.6) is 0 Å². The molecule has 2 heterocycles. The van der Waals surface area contributed by atoms with Crippen LogP contribution in [0.15, 0.2) is 36.5 Å². The number of benzene rings is 1. The molecular weight excluding hydrogens is 323 g/mol. The van der Waals surface area contributed by atoms with E-state index in [9.17, 15) is 4.79 Å². The minimum absolute atomic E-state index is 0. The van der Waals surface area contributed by atoms with Gasteiger partial charge in [0.05, 0.1) is 5.69 Å². The Bertz CT molecular complexity index is 658. The van der Waals surface area contributed by atoms with Crippen LogP contribution in [0.4, 0.5) is 0 Å². The van der Waals surface area contributed by atoms with Crippen LogP contribution in [-0.4, -0.2) is 46.3 Å². The number of hydrogen-bond donors (Lipinski definition) is 1. The van der Waals surface area contributed by atoms with Crippen molar-refractivity contribution in [1.82, 2.24) is 20.0 Å². The van der Waals surface area contributed by atoms with E-state index in [1.54, 1.807) is 16.9 Å². The first-order valence-corrected chi connectivity index (χ1v) is 7.36. The van der Waals surface area contributed by atoms with E-state index >= 15 is 0 Å². The first-order chi connectivity index (χ1) is 10.1. The minimum Gasteiger partial charge on any atom is -0.332 e. The summed E-state index contributed by atoms with van der Waals surface area (Å²) in [4.78, 5) is 14.4. The maximum atomic E-state index is 12.5. The number of piperazine rings is 1. The van der Waals surface area contributed by atoms with Crippen LogP contribution in [0.2, 0.25) is 5.02 Å². The Balaban J connectivity index is 0.00000176. The van der Waals surface area contributed by atoms with E-state index in [1.807, 2.05) is 36.1 Å². The molecule has 22 heavy (non-hydrogen) atoms. The van der Waals surface area contributed by atoms with E-state index in [4.69, 9.17) is 11.6 Å². The fraction of sp³-hybridized carbons (Fsp3) is 0.333. The van der Waals surface area contributed by atoms with Crippen LogP contribution in [0.3, 0.4) is 0 Å². The zero-order valence-electron chi connectivity index (χ0n) is 12.2. The third kappa shape index (κ3) is 3.43. The second-order valence-corrected chi connectivity index (χ2v) is 5.61. The van der Waals surface area contributed by atoms with Gasteiger partial charge in [0.25, 0.3) is 5.91 Å². The first kappa shape index (κ1) is 16.8. The van der Waals surface area contributed by atoms with Crippen LogP contribution in [0.25, 0.3) is 5.69 Å². The van der Waals surface area contributed by atoms with E-state index in [0.29, 0.717) is 17.3 Å². The predicted molar refractivity (Wildman–Crippen MR) is 89.2 cm³/mol. The number of halogens is 2. The van der Waals surface area contributed by atoms with Gasteiger partial charge in [-0.15, -0.1) is 12.4 Å². The molecule has 1 aliphatic rings. The summed E-state index contributed by atoms with van der Waals surface area (Å²) in [6, 6.07) is 9.32. The molecule has 3 rings (SSSR count). The maximum absolute atomic E-state index is 12.5. The van der Waals surface area contributed by atoms with Gasteiger partial charge in [0.15, 0.2) is 5.69 Å². The van der Waals surface area contributed by atoms with Crippen LogP contribution in [0, 0.1) is 0 Å². The number of carbonyl (C=O) groups is 1. The lowest BCUT2D eigenvalue weighted by Crippen LogP contribution is -2.52. The van der Waals surface area contributed by atoms with Gasteiger partial charge in [-0.1, -0.05) is 17.7 Å². The topological polar surface area (TPSA) is 50.2 Å². The summed E-state index contributed by atoms with van der Waals surface area (Å²) in [6.45, 7) is 4.40. The third-order valence-corrected chi connectivity index (χ3v) is 3.88. The SMILES string of the molecule is C[C@@H]1CNCCN1C(=O)c1ccn(-c2cccc(Cl)c2)n1.Cl. The number of rotatable bonds is 2. The average molecular weight is 341 g/mol. The lowest BCUT2D eigenvalue weighted by atomic mass is 10.2. The highest BCUT2D eigenvalue weighted by Gasteiger charge is 2.25. The molecule has 1 aliphatic heterocycles. The summed E-state index contributed by atoms with van der Waals surface area (Å²) in [6.07, 6.45) is 1.78. The molecule has 0 aliphatic carbocycles. The molecule has 1 fully saturated rings. The highest BCUT2D eigenvalue weighted by atomic mass is 35.5. The molecule has 2 aromatic rings. The van der Waals surface area contributed by atoms with Gasteiger partial charge < -0.3 is 10.2 Å². The van der Waals surface area contributed by atoms with Gasteiger partial charge in [-0.05, 0) is 31.2 Å². The number of aromatic nitrogens is 2. The summed E-state index contributed by atoms with van der Waals surface area (Å²) in [5.41, 5.74) is 1.30. The minimum atomic E-state index is -0.0234. The fourth-order valence-corrected chi connectivity index (χ4v) is 2.67. The monoisotopic (exact) mass is 340 g/mol. The van der Waals surface area contributed by atoms with Gasteiger partial charge in [0.2, 0.25) is 0 Å². The summed E-state index contributed by atoms with van der Waals surface area (Å²) in [5, 5.41) is 8.30. The van der Waals surface area contributed by atoms with Gasteiger partial charge in [-0.3, -0.25) is 4.79 Å². The predicted octanol–water partition coefficient (Wildman–Crippen LogP) is 2.38. The summed E-state index contributed by atoms with van der Waals surface area (Å²) >= 11 is 5.98. The first-order valence-electron chi connectivity index (χ1n) is 6.98. The van der Waals surface area contributed by atoms with Gasteiger partial charge in [-0.2, -0.15) is 5.10 Å². The molecule has 0 saturated carbocycles. The van der Waals surface area contributed by atoms with Gasteiger partial charge in [-0.25, -0.2) is 4.68 Å². The molecule has 1 amide bonds. The number of nitrogens with one attached hydrogen (secondary N) is 1. The second kappa shape index (κ2) is 7.13. The normalized spacial score (nSPS) is 17.9. The Labute approximate surface area is 140 Å². The Hall–Kier alpha value is -1.56. The van der Waals surface area contributed by atoms with Crippen LogP contribution < -0.4 is 5.32 Å². The molecule has 1 saturated heterocycles. The number of hydrogen-bond acceptors (Lipinski definition) is 3. The van der Waals surface area contributed by atoms with Gasteiger partial charge in [0, 0.05) is 36.9 Å². The van der Waals surface area contributed by atoms with Gasteiger partial charge in [0.1, 0.15) is 0 Å². The highest BCUT2D eigenvalue weighted by Crippen LogP contribution is 2.15. The van der Waals surface area contributed by atoms with Crippen molar-refractivity contribution in [3.63, 3.8) is 0 Å². The van der Waals surface area contributed by atoms with Crippen molar-refractivity contribution in [3.8, 4) is 5.69 Å². The Morgan fingerprint density at radius 2 is 2.23 bits per heavy atom. The van der Waals surface area contributed by atoms with E-state index in [0.717, 1.165) is 18.8 Å². The number of amides is 1. The highest BCUT2D eigenvalue weighted by molar-refractivity contribution is 6.30. The second-order valence-electron chi connectivity index (χ2n) is 5.18. The standard InChI is InChI=1S/C15H17ClN4O.ClH/c1-11-10-17-6-8-19(11)15(21)14-5-7-20(18-14)13-4-2-3-12(16)9-13;/h2-5,7,9,11,17H,6,8,10H2,1H3;1H/t11-;/m1./s1. The molecule has 0 unspecified atom stereocenters. The smallest absolute Gasteiger partial charge is 0.274 e. The summed E-state index contributed by atoms with van der Waals surface area (Å²) in [7, 11) is 0. The Morgan fingerprint density at radius 3 is 2.95 bits per heavy atom. The van der Waals surface area contributed by atoms with Gasteiger partial charge >= 0.3 is 0 Å². The lowest BCUT2D eigenvalue weighted by molar-refractivity contribution is 0.0649. The largest absolute Gasteiger partial charge is 0.332 e. The fourth-order valence-electron chi connectivity index (χ4n) is 2.49. The van der Waals surface area contributed by atoms with Crippen molar-refractivity contribution in [2.45, 2.75) is 13.0 Å². The van der Waals surface area contributed by atoms with E-state index < -0.39 is 0 Å². The zero-order chi connectivity index (χ0) is 14.8.